The van der Waals surface area contributed by atoms with E-state index in [2.05, 4.69) is 35.7 Å². The van der Waals surface area contributed by atoms with Crippen LogP contribution in [0, 0.1) is 12.8 Å². The number of rotatable bonds is 6. The molecule has 1 saturated carbocycles. The number of amides is 1. The first-order valence-corrected chi connectivity index (χ1v) is 9.20. The van der Waals surface area contributed by atoms with Crippen LogP contribution in [0.25, 0.3) is 11.5 Å². The van der Waals surface area contributed by atoms with Gasteiger partial charge in [-0.05, 0) is 44.7 Å². The van der Waals surface area contributed by atoms with Gasteiger partial charge in [0.1, 0.15) is 5.69 Å². The second kappa shape index (κ2) is 7.40. The van der Waals surface area contributed by atoms with Crippen molar-refractivity contribution in [1.82, 2.24) is 19.9 Å². The minimum atomic E-state index is -0.264. The van der Waals surface area contributed by atoms with E-state index in [1.165, 1.54) is 0 Å². The van der Waals surface area contributed by atoms with E-state index in [-0.39, 0.29) is 23.9 Å². The molecule has 1 N–H and O–H groups in total. The Balaban J connectivity index is 1.85. The minimum Gasteiger partial charge on any atom is -0.336 e. The first kappa shape index (κ1) is 18.3. The van der Waals surface area contributed by atoms with Gasteiger partial charge in [-0.2, -0.15) is 0 Å². The molecule has 1 amide bonds. The number of carbonyl (C=O) groups is 1. The third-order valence-corrected chi connectivity index (χ3v) is 5.09. The molecule has 138 valence electrons. The summed E-state index contributed by atoms with van der Waals surface area (Å²) in [5.41, 5.74) is 1.37. The Kier molecular flexibility index (Phi) is 5.20. The molecule has 2 aromatic heterocycles. The van der Waals surface area contributed by atoms with Crippen LogP contribution in [0.15, 0.2) is 29.2 Å². The molecule has 1 fully saturated rings. The fourth-order valence-corrected chi connectivity index (χ4v) is 3.12. The van der Waals surface area contributed by atoms with Crippen molar-refractivity contribution in [2.75, 3.05) is 0 Å². The predicted octanol–water partition coefficient (Wildman–Crippen LogP) is 2.72. The van der Waals surface area contributed by atoms with E-state index in [1.54, 1.807) is 19.2 Å². The zero-order valence-electron chi connectivity index (χ0n) is 15.8. The molecule has 1 aliphatic carbocycles. The largest absolute Gasteiger partial charge is 0.336 e. The number of aromatic amines is 1. The maximum absolute atomic E-state index is 12.9. The number of hydrogen-bond donors (Lipinski definition) is 1. The third-order valence-electron chi connectivity index (χ3n) is 5.09. The smallest absolute Gasteiger partial charge is 0.255 e. The number of H-pyrrole nitrogens is 1. The highest BCUT2D eigenvalue weighted by molar-refractivity contribution is 5.80. The van der Waals surface area contributed by atoms with Gasteiger partial charge in [-0.1, -0.05) is 19.9 Å². The van der Waals surface area contributed by atoms with Crippen molar-refractivity contribution in [2.24, 2.45) is 5.92 Å². The maximum Gasteiger partial charge on any atom is 0.255 e. The van der Waals surface area contributed by atoms with E-state index in [9.17, 15) is 9.59 Å². The first-order chi connectivity index (χ1) is 12.4. The van der Waals surface area contributed by atoms with Gasteiger partial charge in [0.05, 0.1) is 6.42 Å². The van der Waals surface area contributed by atoms with Gasteiger partial charge < -0.3 is 9.88 Å². The molecule has 26 heavy (non-hydrogen) atoms. The Hall–Kier alpha value is -2.50. The molecule has 3 rings (SSSR count). The van der Waals surface area contributed by atoms with Gasteiger partial charge in [0.15, 0.2) is 5.82 Å². The second-order valence-corrected chi connectivity index (χ2v) is 7.39. The molecule has 0 spiro atoms. The van der Waals surface area contributed by atoms with Crippen LogP contribution in [-0.2, 0) is 11.2 Å². The van der Waals surface area contributed by atoms with Crippen molar-refractivity contribution in [1.29, 1.82) is 0 Å². The van der Waals surface area contributed by atoms with Gasteiger partial charge in [0.2, 0.25) is 5.91 Å². The maximum atomic E-state index is 12.9. The van der Waals surface area contributed by atoms with Crippen molar-refractivity contribution < 1.29 is 4.79 Å². The van der Waals surface area contributed by atoms with Gasteiger partial charge in [-0.15, -0.1) is 0 Å². The number of hydrogen-bond acceptors (Lipinski definition) is 4. The van der Waals surface area contributed by atoms with Crippen LogP contribution in [0.4, 0.5) is 0 Å². The van der Waals surface area contributed by atoms with Crippen LogP contribution in [-0.4, -0.2) is 37.8 Å². The molecule has 0 unspecified atom stereocenters. The number of pyridine rings is 1. The highest BCUT2D eigenvalue weighted by atomic mass is 16.2. The lowest BCUT2D eigenvalue weighted by Crippen LogP contribution is -2.44. The molecule has 0 bridgehead atoms. The average molecular weight is 354 g/mol. The lowest BCUT2D eigenvalue weighted by Gasteiger charge is -2.32. The second-order valence-electron chi connectivity index (χ2n) is 7.39. The van der Waals surface area contributed by atoms with Gasteiger partial charge in [-0.25, -0.2) is 4.98 Å². The standard InChI is InChI=1S/C20H26N4O2/c1-12(2)14(4)24(15-8-9-15)18(25)11-16-13(3)22-19(23-20(16)26)17-7-5-6-10-21-17/h5-7,10,12,14-15H,8-9,11H2,1-4H3,(H,22,23,26)/t14-/m1/s1. The van der Waals surface area contributed by atoms with Gasteiger partial charge in [0, 0.05) is 29.5 Å². The van der Waals surface area contributed by atoms with Crippen LogP contribution in [0.1, 0.15) is 44.9 Å². The van der Waals surface area contributed by atoms with E-state index in [1.807, 2.05) is 17.0 Å². The van der Waals surface area contributed by atoms with E-state index in [4.69, 9.17) is 0 Å². The summed E-state index contributed by atoms with van der Waals surface area (Å²) >= 11 is 0. The van der Waals surface area contributed by atoms with E-state index in [0.29, 0.717) is 34.7 Å². The quantitative estimate of drug-likeness (QED) is 0.865. The summed E-state index contributed by atoms with van der Waals surface area (Å²) in [5.74, 6) is 0.817. The van der Waals surface area contributed by atoms with Crippen molar-refractivity contribution in [3.05, 3.63) is 46.0 Å². The molecule has 6 heteroatoms. The summed E-state index contributed by atoms with van der Waals surface area (Å²) in [4.78, 5) is 38.9. The van der Waals surface area contributed by atoms with Crippen molar-refractivity contribution >= 4 is 5.91 Å². The fourth-order valence-electron chi connectivity index (χ4n) is 3.12. The van der Waals surface area contributed by atoms with Gasteiger partial charge >= 0.3 is 0 Å². The summed E-state index contributed by atoms with van der Waals surface area (Å²) < 4.78 is 0. The SMILES string of the molecule is Cc1nc(-c2ccccn2)[nH]c(=O)c1CC(=O)N(C1CC1)[C@H](C)C(C)C. The number of nitrogens with one attached hydrogen (secondary N) is 1. The summed E-state index contributed by atoms with van der Waals surface area (Å²) in [6, 6.07) is 5.93. The lowest BCUT2D eigenvalue weighted by molar-refractivity contribution is -0.134. The molecule has 6 nitrogen and oxygen atoms in total. The van der Waals surface area contributed by atoms with E-state index < -0.39 is 0 Å². The van der Waals surface area contributed by atoms with Crippen LogP contribution >= 0.6 is 0 Å². The summed E-state index contributed by atoms with van der Waals surface area (Å²) in [6.07, 6.45) is 3.84. The zero-order chi connectivity index (χ0) is 18.8. The monoisotopic (exact) mass is 354 g/mol. The van der Waals surface area contributed by atoms with Crippen molar-refractivity contribution in [3.63, 3.8) is 0 Å². The van der Waals surface area contributed by atoms with Crippen molar-refractivity contribution in [2.45, 2.75) is 59.0 Å². The van der Waals surface area contributed by atoms with Crippen LogP contribution < -0.4 is 5.56 Å². The van der Waals surface area contributed by atoms with E-state index >= 15 is 0 Å². The minimum absolute atomic E-state index is 0.00897. The average Bonchev–Trinajstić information content (AvgIpc) is 3.43. The number of nitrogens with zero attached hydrogens (tertiary/aromatic N) is 3. The Bertz CT molecular complexity index is 841. The number of carbonyl (C=O) groups excluding carboxylic acids is 1. The van der Waals surface area contributed by atoms with Gasteiger partial charge in [-0.3, -0.25) is 14.6 Å². The Morgan fingerprint density at radius 1 is 1.31 bits per heavy atom. The molecule has 1 aliphatic rings. The summed E-state index contributed by atoms with van der Waals surface area (Å²) in [6.45, 7) is 8.10. The Morgan fingerprint density at radius 3 is 2.58 bits per heavy atom. The normalized spacial score (nSPS) is 15.1. The molecule has 0 aliphatic heterocycles. The number of aromatic nitrogens is 3. The molecule has 0 aromatic carbocycles. The van der Waals surface area contributed by atoms with Gasteiger partial charge in [0.25, 0.3) is 5.56 Å². The highest BCUT2D eigenvalue weighted by Gasteiger charge is 2.36. The topological polar surface area (TPSA) is 79.0 Å². The Labute approximate surface area is 153 Å². The molecule has 0 saturated heterocycles. The fraction of sp³-hybridized carbons (Fsp3) is 0.500. The molecule has 2 heterocycles. The summed E-state index contributed by atoms with van der Waals surface area (Å²) in [7, 11) is 0. The highest BCUT2D eigenvalue weighted by Crippen LogP contribution is 2.31. The number of aryl methyl sites for hydroxylation is 1. The third kappa shape index (κ3) is 3.84. The lowest BCUT2D eigenvalue weighted by atomic mass is 10.0. The predicted molar refractivity (Wildman–Crippen MR) is 101 cm³/mol. The van der Waals surface area contributed by atoms with Crippen molar-refractivity contribution in [3.8, 4) is 11.5 Å². The van der Waals surface area contributed by atoms with Crippen LogP contribution in [0.5, 0.6) is 0 Å². The molecule has 0 radical (unpaired) electrons. The molecular weight excluding hydrogens is 328 g/mol. The molecule has 1 atom stereocenters. The molecule has 2 aromatic rings. The first-order valence-electron chi connectivity index (χ1n) is 9.20. The zero-order valence-corrected chi connectivity index (χ0v) is 15.8. The molecular formula is C20H26N4O2. The van der Waals surface area contributed by atoms with Crippen LogP contribution in [0.2, 0.25) is 0 Å². The van der Waals surface area contributed by atoms with E-state index in [0.717, 1.165) is 12.8 Å². The van der Waals surface area contributed by atoms with Crippen LogP contribution in [0.3, 0.4) is 0 Å². The summed E-state index contributed by atoms with van der Waals surface area (Å²) in [5, 5.41) is 0. The Morgan fingerprint density at radius 2 is 2.04 bits per heavy atom.